The summed E-state index contributed by atoms with van der Waals surface area (Å²) in [6.45, 7) is 4.81. The second-order valence-electron chi connectivity index (χ2n) is 10.4. The number of fused-ring (bicyclic) bond motifs is 3. The van der Waals surface area contributed by atoms with Gasteiger partial charge in [-0.1, -0.05) is 19.9 Å². The molecular formula is C24H28O4. The predicted molar refractivity (Wildman–Crippen MR) is 104 cm³/mol. The van der Waals surface area contributed by atoms with Gasteiger partial charge >= 0.3 is 5.63 Å². The Morgan fingerprint density at radius 3 is 2.71 bits per heavy atom. The zero-order chi connectivity index (χ0) is 19.3. The van der Waals surface area contributed by atoms with E-state index in [0.717, 1.165) is 31.2 Å². The van der Waals surface area contributed by atoms with Crippen molar-refractivity contribution < 1.29 is 13.9 Å². The molecule has 4 aliphatic carbocycles. The molecule has 0 radical (unpaired) electrons. The van der Waals surface area contributed by atoms with Gasteiger partial charge in [-0.2, -0.15) is 0 Å². The number of hydrogen-bond acceptors (Lipinski definition) is 4. The normalized spacial score (nSPS) is 51.1. The zero-order valence-electron chi connectivity index (χ0n) is 16.6. The first kappa shape index (κ1) is 17.2. The number of ether oxygens (including phenoxy) is 1. The fourth-order valence-electron chi connectivity index (χ4n) is 8.14. The van der Waals surface area contributed by atoms with Crippen LogP contribution in [0.5, 0.6) is 0 Å². The van der Waals surface area contributed by atoms with Gasteiger partial charge in [-0.15, -0.1) is 0 Å². The number of epoxide rings is 1. The minimum absolute atomic E-state index is 0.0278. The molecule has 0 N–H and O–H groups in total. The Morgan fingerprint density at radius 2 is 1.93 bits per heavy atom. The minimum atomic E-state index is -0.281. The molecule has 3 saturated carbocycles. The van der Waals surface area contributed by atoms with Crippen LogP contribution in [-0.2, 0) is 9.53 Å². The van der Waals surface area contributed by atoms with Crippen LogP contribution in [-0.4, -0.2) is 17.5 Å². The van der Waals surface area contributed by atoms with Crippen molar-refractivity contribution in [1.82, 2.24) is 0 Å². The van der Waals surface area contributed by atoms with Crippen molar-refractivity contribution in [2.24, 2.45) is 28.6 Å². The van der Waals surface area contributed by atoms with Crippen molar-refractivity contribution in [2.75, 3.05) is 0 Å². The first-order chi connectivity index (χ1) is 13.4. The Hall–Kier alpha value is -1.68. The quantitative estimate of drug-likeness (QED) is 0.684. The molecule has 5 aliphatic rings. The first-order valence-electron chi connectivity index (χ1n) is 10.9. The summed E-state index contributed by atoms with van der Waals surface area (Å²) >= 11 is 0. The van der Waals surface area contributed by atoms with E-state index in [2.05, 4.69) is 19.9 Å². The zero-order valence-corrected chi connectivity index (χ0v) is 16.6. The van der Waals surface area contributed by atoms with Crippen LogP contribution < -0.4 is 5.63 Å². The molecule has 1 aromatic rings. The molecular weight excluding hydrogens is 352 g/mol. The van der Waals surface area contributed by atoms with Crippen molar-refractivity contribution in [3.05, 3.63) is 46.5 Å². The molecule has 4 heteroatoms. The lowest BCUT2D eigenvalue weighted by molar-refractivity contribution is -0.125. The third kappa shape index (κ3) is 1.91. The molecule has 1 spiro atoms. The summed E-state index contributed by atoms with van der Waals surface area (Å²) in [6.07, 6.45) is 12.5. The Labute approximate surface area is 165 Å². The molecule has 4 fully saturated rings. The molecule has 4 nitrogen and oxygen atoms in total. The number of carbonyl (C=O) groups excluding carboxylic acids is 1. The van der Waals surface area contributed by atoms with Crippen LogP contribution in [0.25, 0.3) is 0 Å². The topological polar surface area (TPSA) is 59.8 Å². The maximum atomic E-state index is 12.0. The lowest BCUT2D eigenvalue weighted by Gasteiger charge is -2.59. The van der Waals surface area contributed by atoms with Crippen molar-refractivity contribution in [3.8, 4) is 0 Å². The summed E-state index contributed by atoms with van der Waals surface area (Å²) < 4.78 is 11.8. The van der Waals surface area contributed by atoms with Gasteiger partial charge in [-0.3, -0.25) is 4.79 Å². The molecule has 1 aromatic heterocycles. The van der Waals surface area contributed by atoms with Crippen molar-refractivity contribution in [3.63, 3.8) is 0 Å². The SMILES string of the molecule is C[C@]12C=CC(=O)C[C@H]1CCC1C2CC[C@]2(C)[C@@H](c3ccc(=O)oc3)C[C@H]3O[C@]132. The summed E-state index contributed by atoms with van der Waals surface area (Å²) in [6, 6.07) is 3.51. The van der Waals surface area contributed by atoms with Crippen LogP contribution >= 0.6 is 0 Å². The highest BCUT2D eigenvalue weighted by Crippen LogP contribution is 2.77. The summed E-state index contributed by atoms with van der Waals surface area (Å²) in [5.41, 5.74) is 1.06. The summed E-state index contributed by atoms with van der Waals surface area (Å²) in [5.74, 6) is 2.35. The lowest BCUT2D eigenvalue weighted by Crippen LogP contribution is -2.57. The number of rotatable bonds is 1. The van der Waals surface area contributed by atoms with Crippen LogP contribution in [0.1, 0.15) is 63.9 Å². The molecule has 1 aliphatic heterocycles. The highest BCUT2D eigenvalue weighted by Gasteiger charge is 2.80. The van der Waals surface area contributed by atoms with Crippen LogP contribution in [0.4, 0.5) is 0 Å². The molecule has 148 valence electrons. The highest BCUT2D eigenvalue weighted by atomic mass is 16.6. The van der Waals surface area contributed by atoms with E-state index in [1.165, 1.54) is 12.8 Å². The average molecular weight is 380 g/mol. The van der Waals surface area contributed by atoms with E-state index < -0.39 is 0 Å². The smallest absolute Gasteiger partial charge is 0.335 e. The summed E-state index contributed by atoms with van der Waals surface area (Å²) in [5, 5.41) is 0. The molecule has 1 saturated heterocycles. The molecule has 0 aromatic carbocycles. The minimum Gasteiger partial charge on any atom is -0.431 e. The van der Waals surface area contributed by atoms with E-state index in [-0.39, 0.29) is 22.1 Å². The number of ketones is 1. The van der Waals surface area contributed by atoms with E-state index in [4.69, 9.17) is 9.15 Å². The van der Waals surface area contributed by atoms with E-state index in [9.17, 15) is 9.59 Å². The van der Waals surface area contributed by atoms with Crippen molar-refractivity contribution >= 4 is 5.78 Å². The monoisotopic (exact) mass is 380 g/mol. The van der Waals surface area contributed by atoms with E-state index in [1.54, 1.807) is 12.3 Å². The van der Waals surface area contributed by atoms with Gasteiger partial charge < -0.3 is 9.15 Å². The van der Waals surface area contributed by atoms with Gasteiger partial charge in [0, 0.05) is 17.9 Å². The standard InChI is InChI=1S/C24H28O4/c1-22-9-7-16(25)11-15(22)4-5-18-17(22)8-10-23(2)19(12-20-24(18,23)28-20)14-3-6-21(26)27-13-14/h3,6-7,9,13,15,17-20H,4-5,8,10-12H2,1-2H3/t15-,17?,18?,19-,20-,22+,23-,24-/m1/s1. The maximum absolute atomic E-state index is 12.0. The van der Waals surface area contributed by atoms with Crippen molar-refractivity contribution in [1.29, 1.82) is 0 Å². The van der Waals surface area contributed by atoms with Crippen molar-refractivity contribution in [2.45, 2.75) is 70.0 Å². The first-order valence-corrected chi connectivity index (χ1v) is 10.9. The van der Waals surface area contributed by atoms with E-state index in [0.29, 0.717) is 35.6 Å². The van der Waals surface area contributed by atoms with Gasteiger partial charge in [0.2, 0.25) is 0 Å². The van der Waals surface area contributed by atoms with Crippen LogP contribution in [0, 0.1) is 28.6 Å². The van der Waals surface area contributed by atoms with Gasteiger partial charge in [0.05, 0.1) is 12.4 Å². The fourth-order valence-corrected chi connectivity index (χ4v) is 8.14. The van der Waals surface area contributed by atoms with E-state index in [1.807, 2.05) is 12.1 Å². The Morgan fingerprint density at radius 1 is 1.07 bits per heavy atom. The number of hydrogen-bond donors (Lipinski definition) is 0. The van der Waals surface area contributed by atoms with E-state index >= 15 is 0 Å². The van der Waals surface area contributed by atoms with Gasteiger partial charge in [0.25, 0.3) is 0 Å². The number of allylic oxidation sites excluding steroid dienone is 2. The molecule has 8 atom stereocenters. The van der Waals surface area contributed by atoms with Crippen LogP contribution in [0.2, 0.25) is 0 Å². The predicted octanol–water partition coefficient (Wildman–Crippen LogP) is 4.24. The Kier molecular flexibility index (Phi) is 3.24. The third-order valence-electron chi connectivity index (χ3n) is 9.59. The van der Waals surface area contributed by atoms with Gasteiger partial charge in [-0.05, 0) is 78.9 Å². The maximum Gasteiger partial charge on any atom is 0.335 e. The second kappa shape index (κ2) is 5.27. The Balaban J connectivity index is 1.39. The second-order valence-corrected chi connectivity index (χ2v) is 10.4. The van der Waals surface area contributed by atoms with Gasteiger partial charge in [0.15, 0.2) is 5.78 Å². The Bertz CT molecular complexity index is 926. The third-order valence-corrected chi connectivity index (χ3v) is 9.59. The fraction of sp³-hybridized carbons (Fsp3) is 0.667. The lowest BCUT2D eigenvalue weighted by atomic mass is 9.45. The largest absolute Gasteiger partial charge is 0.431 e. The van der Waals surface area contributed by atoms with Crippen LogP contribution in [0.15, 0.2) is 39.8 Å². The summed E-state index contributed by atoms with van der Waals surface area (Å²) in [7, 11) is 0. The molecule has 2 unspecified atom stereocenters. The average Bonchev–Trinajstić information content (AvgIpc) is 3.33. The van der Waals surface area contributed by atoms with Crippen LogP contribution in [0.3, 0.4) is 0 Å². The molecule has 2 heterocycles. The molecule has 6 rings (SSSR count). The molecule has 28 heavy (non-hydrogen) atoms. The number of carbonyl (C=O) groups is 1. The molecule has 0 bridgehead atoms. The summed E-state index contributed by atoms with van der Waals surface area (Å²) in [4.78, 5) is 23.4. The van der Waals surface area contributed by atoms with Gasteiger partial charge in [0.1, 0.15) is 5.60 Å². The molecule has 0 amide bonds. The van der Waals surface area contributed by atoms with Gasteiger partial charge in [-0.25, -0.2) is 4.79 Å². The highest BCUT2D eigenvalue weighted by molar-refractivity contribution is 5.91.